The molecule has 0 bridgehead atoms. The van der Waals surface area contributed by atoms with Crippen molar-refractivity contribution >= 4 is 27.6 Å². The summed E-state index contributed by atoms with van der Waals surface area (Å²) in [6, 6.07) is -0.298. The van der Waals surface area contributed by atoms with Gasteiger partial charge in [-0.2, -0.15) is 0 Å². The molecule has 1 fully saturated rings. The summed E-state index contributed by atoms with van der Waals surface area (Å²) in [5, 5.41) is 1.45. The molecule has 1 unspecified atom stereocenters. The molecule has 0 radical (unpaired) electrons. The average Bonchev–Trinajstić information content (AvgIpc) is 2.16. The molecule has 7 heteroatoms. The first-order valence-electron chi connectivity index (χ1n) is 4.74. The zero-order valence-electron chi connectivity index (χ0n) is 8.68. The molecule has 1 aliphatic rings. The molecule has 0 aliphatic carbocycles. The largest absolute Gasteiger partial charge is 0.379 e. The standard InChI is InChI=1S/C8H16N2O3S2/c1-15(11,12)9-8(7-14)6-10-2-4-13-5-3-10/h7-9H,2-6H2,1H3. The monoisotopic (exact) mass is 252 g/mol. The van der Waals surface area contributed by atoms with Crippen molar-refractivity contribution in [3.63, 3.8) is 0 Å². The van der Waals surface area contributed by atoms with Gasteiger partial charge < -0.3 is 4.74 Å². The van der Waals surface area contributed by atoms with Crippen LogP contribution >= 0.6 is 12.2 Å². The summed E-state index contributed by atoms with van der Waals surface area (Å²) in [5.41, 5.74) is 0. The SMILES string of the molecule is CS(=O)(=O)NC(C=S)CN1CCOCC1. The van der Waals surface area contributed by atoms with Crippen LogP contribution < -0.4 is 4.72 Å². The fourth-order valence-corrected chi connectivity index (χ4v) is 2.38. The van der Waals surface area contributed by atoms with E-state index in [0.29, 0.717) is 19.8 Å². The Labute approximate surface area is 95.8 Å². The van der Waals surface area contributed by atoms with E-state index in [2.05, 4.69) is 9.62 Å². The third-order valence-corrected chi connectivity index (χ3v) is 3.15. The molecule has 15 heavy (non-hydrogen) atoms. The smallest absolute Gasteiger partial charge is 0.209 e. The van der Waals surface area contributed by atoms with Crippen LogP contribution in [0.5, 0.6) is 0 Å². The van der Waals surface area contributed by atoms with Gasteiger partial charge in [0.2, 0.25) is 10.0 Å². The Kier molecular flexibility index (Phi) is 5.07. The van der Waals surface area contributed by atoms with Gasteiger partial charge in [-0.25, -0.2) is 13.1 Å². The summed E-state index contributed by atoms with van der Waals surface area (Å²) in [7, 11) is -3.19. The number of nitrogens with zero attached hydrogens (tertiary/aromatic N) is 1. The van der Waals surface area contributed by atoms with Gasteiger partial charge in [0.1, 0.15) is 0 Å². The van der Waals surface area contributed by atoms with Gasteiger partial charge in [-0.05, 0) is 5.37 Å². The lowest BCUT2D eigenvalue weighted by molar-refractivity contribution is 0.0373. The maximum absolute atomic E-state index is 11.0. The zero-order valence-corrected chi connectivity index (χ0v) is 10.3. The third-order valence-electron chi connectivity index (χ3n) is 2.09. The predicted molar refractivity (Wildman–Crippen MR) is 62.7 cm³/mol. The van der Waals surface area contributed by atoms with E-state index in [-0.39, 0.29) is 6.04 Å². The van der Waals surface area contributed by atoms with Crippen molar-refractivity contribution in [2.75, 3.05) is 39.1 Å². The predicted octanol–water partition coefficient (Wildman–Crippen LogP) is -0.764. The molecule has 1 heterocycles. The lowest BCUT2D eigenvalue weighted by Gasteiger charge is -2.28. The molecule has 1 atom stereocenters. The maximum Gasteiger partial charge on any atom is 0.209 e. The average molecular weight is 252 g/mol. The van der Waals surface area contributed by atoms with Gasteiger partial charge in [0.05, 0.1) is 25.5 Å². The van der Waals surface area contributed by atoms with Crippen LogP contribution in [0.3, 0.4) is 0 Å². The fraction of sp³-hybridized carbons (Fsp3) is 0.875. The Hall–Kier alpha value is -0.0800. The topological polar surface area (TPSA) is 58.6 Å². The summed E-state index contributed by atoms with van der Waals surface area (Å²) >= 11 is 4.80. The molecule has 0 spiro atoms. The molecule has 0 aromatic carbocycles. The minimum Gasteiger partial charge on any atom is -0.379 e. The van der Waals surface area contributed by atoms with Crippen molar-refractivity contribution < 1.29 is 13.2 Å². The minimum absolute atomic E-state index is 0.298. The molecule has 0 aromatic rings. The highest BCUT2D eigenvalue weighted by Gasteiger charge is 2.17. The Morgan fingerprint density at radius 2 is 2.13 bits per heavy atom. The van der Waals surface area contributed by atoms with Gasteiger partial charge in [-0.3, -0.25) is 4.90 Å². The molecule has 1 saturated heterocycles. The first-order chi connectivity index (χ1) is 7.01. The van der Waals surface area contributed by atoms with Crippen molar-refractivity contribution in [3.05, 3.63) is 0 Å². The number of rotatable bonds is 5. The molecule has 1 rings (SSSR count). The van der Waals surface area contributed by atoms with Crippen molar-refractivity contribution in [3.8, 4) is 0 Å². The van der Waals surface area contributed by atoms with Crippen LogP contribution in [-0.4, -0.2) is 63.8 Å². The van der Waals surface area contributed by atoms with Gasteiger partial charge >= 0.3 is 0 Å². The Morgan fingerprint density at radius 1 is 1.53 bits per heavy atom. The van der Waals surface area contributed by atoms with Gasteiger partial charge in [0, 0.05) is 19.6 Å². The van der Waals surface area contributed by atoms with Crippen LogP contribution in [0.25, 0.3) is 0 Å². The Balaban J connectivity index is 2.42. The number of nitrogens with one attached hydrogen (secondary N) is 1. The normalized spacial score (nSPS) is 21.1. The van der Waals surface area contributed by atoms with E-state index in [4.69, 9.17) is 17.0 Å². The Morgan fingerprint density at radius 3 is 2.60 bits per heavy atom. The zero-order chi connectivity index (χ0) is 11.3. The number of thiocarbonyl (C=S) groups is 1. The summed E-state index contributed by atoms with van der Waals surface area (Å²) < 4.78 is 29.7. The van der Waals surface area contributed by atoms with Gasteiger partial charge in [-0.1, -0.05) is 12.2 Å². The molecular formula is C8H16N2O3S2. The van der Waals surface area contributed by atoms with Crippen LogP contribution in [0, 0.1) is 0 Å². The van der Waals surface area contributed by atoms with Gasteiger partial charge in [-0.15, -0.1) is 0 Å². The number of sulfonamides is 1. The second kappa shape index (κ2) is 5.86. The van der Waals surface area contributed by atoms with Crippen LogP contribution in [0.4, 0.5) is 0 Å². The summed E-state index contributed by atoms with van der Waals surface area (Å²) in [4.78, 5) is 2.13. The van der Waals surface area contributed by atoms with Crippen molar-refractivity contribution in [2.45, 2.75) is 6.04 Å². The lowest BCUT2D eigenvalue weighted by Crippen LogP contribution is -2.47. The van der Waals surface area contributed by atoms with Gasteiger partial charge in [0.15, 0.2) is 0 Å². The maximum atomic E-state index is 11.0. The van der Waals surface area contributed by atoms with E-state index < -0.39 is 10.0 Å². The van der Waals surface area contributed by atoms with Crippen molar-refractivity contribution in [2.24, 2.45) is 0 Å². The molecule has 1 N–H and O–H groups in total. The number of hydrogen-bond acceptors (Lipinski definition) is 5. The van der Waals surface area contributed by atoms with Crippen molar-refractivity contribution in [1.82, 2.24) is 9.62 Å². The molecule has 0 saturated carbocycles. The summed E-state index contributed by atoms with van der Waals surface area (Å²) in [6.07, 6.45) is 1.14. The van der Waals surface area contributed by atoms with E-state index in [1.165, 1.54) is 5.37 Å². The van der Waals surface area contributed by atoms with E-state index >= 15 is 0 Å². The number of morpholine rings is 1. The second-order valence-corrected chi connectivity index (χ2v) is 5.60. The van der Waals surface area contributed by atoms with Crippen LogP contribution in [0.15, 0.2) is 0 Å². The van der Waals surface area contributed by atoms with E-state index in [1.54, 1.807) is 0 Å². The number of hydrogen-bond donors (Lipinski definition) is 1. The molecule has 0 aromatic heterocycles. The van der Waals surface area contributed by atoms with Crippen LogP contribution in [0.1, 0.15) is 0 Å². The minimum atomic E-state index is -3.19. The molecule has 0 amide bonds. The Bertz CT molecular complexity index is 299. The first kappa shape index (κ1) is 13.0. The second-order valence-electron chi connectivity index (χ2n) is 3.55. The molecule has 1 aliphatic heterocycles. The lowest BCUT2D eigenvalue weighted by atomic mass is 10.3. The fourth-order valence-electron chi connectivity index (χ4n) is 1.44. The summed E-state index contributed by atoms with van der Waals surface area (Å²) in [5.74, 6) is 0. The summed E-state index contributed by atoms with van der Waals surface area (Å²) in [6.45, 7) is 3.65. The van der Waals surface area contributed by atoms with E-state index in [9.17, 15) is 8.42 Å². The van der Waals surface area contributed by atoms with Crippen molar-refractivity contribution in [1.29, 1.82) is 0 Å². The highest BCUT2D eigenvalue weighted by molar-refractivity contribution is 7.88. The highest BCUT2D eigenvalue weighted by atomic mass is 32.2. The molecule has 88 valence electrons. The van der Waals surface area contributed by atoms with E-state index in [1.807, 2.05) is 0 Å². The van der Waals surface area contributed by atoms with Crippen LogP contribution in [0.2, 0.25) is 0 Å². The third kappa shape index (κ3) is 5.53. The first-order valence-corrected chi connectivity index (χ1v) is 7.10. The molecular weight excluding hydrogens is 236 g/mol. The van der Waals surface area contributed by atoms with Crippen LogP contribution in [-0.2, 0) is 14.8 Å². The quantitative estimate of drug-likeness (QED) is 0.652. The highest BCUT2D eigenvalue weighted by Crippen LogP contribution is 1.98. The van der Waals surface area contributed by atoms with E-state index in [0.717, 1.165) is 19.3 Å². The van der Waals surface area contributed by atoms with Gasteiger partial charge in [0.25, 0.3) is 0 Å². The molecule has 5 nitrogen and oxygen atoms in total. The number of ether oxygens (including phenoxy) is 1.